The first-order chi connectivity index (χ1) is 7.86. The molecule has 1 aromatic rings. The molecule has 0 N–H and O–H groups in total. The number of benzene rings is 1. The topological polar surface area (TPSA) is 21.7 Å². The Labute approximate surface area is 96.9 Å². The van der Waals surface area contributed by atoms with Gasteiger partial charge in [0.15, 0.2) is 6.23 Å². The Morgan fingerprint density at radius 3 is 2.81 bits per heavy atom. The van der Waals surface area contributed by atoms with Gasteiger partial charge in [-0.1, -0.05) is 24.3 Å². The number of hydrogen-bond donors (Lipinski definition) is 0. The molecule has 1 heterocycles. The van der Waals surface area contributed by atoms with Crippen molar-refractivity contribution in [3.05, 3.63) is 35.4 Å². The van der Waals surface area contributed by atoms with E-state index in [0.717, 1.165) is 13.0 Å². The number of ether oxygens (including phenoxy) is 1. The summed E-state index contributed by atoms with van der Waals surface area (Å²) in [6.07, 6.45) is 0.981. The molecule has 0 aromatic heterocycles. The van der Waals surface area contributed by atoms with E-state index in [-0.39, 0.29) is 6.23 Å². The second kappa shape index (κ2) is 5.43. The lowest BCUT2D eigenvalue weighted by molar-refractivity contribution is -0.257. The molecule has 0 amide bonds. The van der Waals surface area contributed by atoms with Gasteiger partial charge in [-0.25, -0.2) is 0 Å². The molecule has 0 saturated carbocycles. The molecule has 16 heavy (non-hydrogen) atoms. The van der Waals surface area contributed by atoms with E-state index in [1.165, 1.54) is 11.1 Å². The van der Waals surface area contributed by atoms with Crippen LogP contribution in [0.3, 0.4) is 0 Å². The van der Waals surface area contributed by atoms with E-state index in [4.69, 9.17) is 9.57 Å². The fourth-order valence-corrected chi connectivity index (χ4v) is 2.13. The first-order valence-electron chi connectivity index (χ1n) is 5.95. The van der Waals surface area contributed by atoms with E-state index in [1.807, 2.05) is 18.9 Å². The molecule has 3 heteroatoms. The number of nitrogens with zero attached hydrogens (tertiary/aromatic N) is 1. The zero-order chi connectivity index (χ0) is 11.4. The lowest BCUT2D eigenvalue weighted by Crippen LogP contribution is -2.37. The summed E-state index contributed by atoms with van der Waals surface area (Å²) >= 11 is 0. The SMILES string of the molecule is CCOC1c2ccccc2CCN1OCC. The predicted molar refractivity (Wildman–Crippen MR) is 62.8 cm³/mol. The Bertz CT molecular complexity index is 340. The summed E-state index contributed by atoms with van der Waals surface area (Å²) in [5, 5.41) is 1.95. The number of rotatable bonds is 4. The quantitative estimate of drug-likeness (QED) is 0.780. The van der Waals surface area contributed by atoms with E-state index in [1.54, 1.807) is 0 Å². The van der Waals surface area contributed by atoms with Gasteiger partial charge in [0.2, 0.25) is 0 Å². The number of fused-ring (bicyclic) bond motifs is 1. The smallest absolute Gasteiger partial charge is 0.159 e. The molecule has 1 atom stereocenters. The fraction of sp³-hybridized carbons (Fsp3) is 0.538. The minimum Gasteiger partial charge on any atom is -0.357 e. The Morgan fingerprint density at radius 2 is 2.06 bits per heavy atom. The monoisotopic (exact) mass is 221 g/mol. The summed E-state index contributed by atoms with van der Waals surface area (Å²) < 4.78 is 5.78. The van der Waals surface area contributed by atoms with Crippen molar-refractivity contribution < 1.29 is 9.57 Å². The highest BCUT2D eigenvalue weighted by molar-refractivity contribution is 5.30. The van der Waals surface area contributed by atoms with Crippen molar-refractivity contribution in [3.8, 4) is 0 Å². The first kappa shape index (κ1) is 11.6. The Morgan fingerprint density at radius 1 is 1.25 bits per heavy atom. The molecule has 0 fully saturated rings. The molecule has 0 radical (unpaired) electrons. The van der Waals surface area contributed by atoms with Crippen molar-refractivity contribution in [3.63, 3.8) is 0 Å². The van der Waals surface area contributed by atoms with E-state index < -0.39 is 0 Å². The fourth-order valence-electron chi connectivity index (χ4n) is 2.13. The van der Waals surface area contributed by atoms with Crippen molar-refractivity contribution in [2.45, 2.75) is 26.5 Å². The summed E-state index contributed by atoms with van der Waals surface area (Å²) in [7, 11) is 0. The molecule has 0 spiro atoms. The van der Waals surface area contributed by atoms with Gasteiger partial charge < -0.3 is 4.74 Å². The zero-order valence-electron chi connectivity index (χ0n) is 9.98. The predicted octanol–water partition coefficient (Wildman–Crippen LogP) is 2.53. The Hall–Kier alpha value is -0.900. The van der Waals surface area contributed by atoms with Gasteiger partial charge in [0, 0.05) is 18.7 Å². The molecular weight excluding hydrogens is 202 g/mol. The Kier molecular flexibility index (Phi) is 3.93. The van der Waals surface area contributed by atoms with Crippen LogP contribution in [0.15, 0.2) is 24.3 Å². The van der Waals surface area contributed by atoms with Crippen molar-refractivity contribution >= 4 is 0 Å². The molecule has 88 valence electrons. The standard InChI is InChI=1S/C13H19NO2/c1-3-15-13-12-8-6-5-7-11(12)9-10-14(13)16-4-2/h5-8,13H,3-4,9-10H2,1-2H3. The Balaban J connectivity index is 2.24. The molecular formula is C13H19NO2. The van der Waals surface area contributed by atoms with Gasteiger partial charge in [0.05, 0.1) is 6.61 Å². The van der Waals surface area contributed by atoms with Crippen LogP contribution in [0.5, 0.6) is 0 Å². The normalized spacial score (nSPS) is 20.8. The van der Waals surface area contributed by atoms with E-state index in [2.05, 4.69) is 24.3 Å². The summed E-state index contributed by atoms with van der Waals surface area (Å²) in [5.41, 5.74) is 2.61. The van der Waals surface area contributed by atoms with Crippen LogP contribution in [0, 0.1) is 0 Å². The maximum atomic E-state index is 5.78. The third-order valence-corrected chi connectivity index (χ3v) is 2.80. The molecule has 1 aliphatic rings. The third kappa shape index (κ3) is 2.26. The minimum atomic E-state index is -0.0464. The second-order valence-electron chi connectivity index (χ2n) is 3.81. The second-order valence-corrected chi connectivity index (χ2v) is 3.81. The summed E-state index contributed by atoms with van der Waals surface area (Å²) in [5.74, 6) is 0. The maximum absolute atomic E-state index is 5.78. The molecule has 3 nitrogen and oxygen atoms in total. The molecule has 2 rings (SSSR count). The van der Waals surface area contributed by atoms with Gasteiger partial charge in [-0.3, -0.25) is 4.84 Å². The molecule has 1 unspecified atom stereocenters. The molecule has 0 bridgehead atoms. The highest BCUT2D eigenvalue weighted by atomic mass is 16.7. The van der Waals surface area contributed by atoms with E-state index >= 15 is 0 Å². The average Bonchev–Trinajstić information content (AvgIpc) is 2.32. The van der Waals surface area contributed by atoms with Crippen molar-refractivity contribution in [2.24, 2.45) is 0 Å². The minimum absolute atomic E-state index is 0.0464. The molecule has 0 aliphatic carbocycles. The molecule has 1 aromatic carbocycles. The van der Waals surface area contributed by atoms with E-state index in [9.17, 15) is 0 Å². The lowest BCUT2D eigenvalue weighted by atomic mass is 9.99. The summed E-state index contributed by atoms with van der Waals surface area (Å²) in [4.78, 5) is 5.61. The van der Waals surface area contributed by atoms with Gasteiger partial charge in [0.1, 0.15) is 0 Å². The molecule has 0 saturated heterocycles. The zero-order valence-corrected chi connectivity index (χ0v) is 9.98. The summed E-state index contributed by atoms with van der Waals surface area (Å²) in [6.45, 7) is 6.30. The van der Waals surface area contributed by atoms with Gasteiger partial charge in [-0.05, 0) is 25.8 Å². The van der Waals surface area contributed by atoms with Crippen LogP contribution < -0.4 is 0 Å². The third-order valence-electron chi connectivity index (χ3n) is 2.80. The largest absolute Gasteiger partial charge is 0.357 e. The van der Waals surface area contributed by atoms with Gasteiger partial charge in [0.25, 0.3) is 0 Å². The van der Waals surface area contributed by atoms with Gasteiger partial charge in [-0.15, -0.1) is 0 Å². The lowest BCUT2D eigenvalue weighted by Gasteiger charge is -2.35. The van der Waals surface area contributed by atoms with Crippen LogP contribution in [0.25, 0.3) is 0 Å². The number of hydrogen-bond acceptors (Lipinski definition) is 3. The van der Waals surface area contributed by atoms with Crippen LogP contribution in [0.2, 0.25) is 0 Å². The summed E-state index contributed by atoms with van der Waals surface area (Å²) in [6, 6.07) is 8.43. The average molecular weight is 221 g/mol. The van der Waals surface area contributed by atoms with Crippen LogP contribution >= 0.6 is 0 Å². The van der Waals surface area contributed by atoms with Gasteiger partial charge >= 0.3 is 0 Å². The van der Waals surface area contributed by atoms with Crippen LogP contribution in [-0.2, 0) is 16.0 Å². The van der Waals surface area contributed by atoms with Crippen LogP contribution in [0.4, 0.5) is 0 Å². The highest BCUT2D eigenvalue weighted by Crippen LogP contribution is 2.30. The van der Waals surface area contributed by atoms with Crippen molar-refractivity contribution in [1.82, 2.24) is 5.06 Å². The van der Waals surface area contributed by atoms with Crippen LogP contribution in [-0.4, -0.2) is 24.8 Å². The van der Waals surface area contributed by atoms with Crippen molar-refractivity contribution in [1.29, 1.82) is 0 Å². The maximum Gasteiger partial charge on any atom is 0.159 e. The van der Waals surface area contributed by atoms with E-state index in [0.29, 0.717) is 13.2 Å². The number of hydroxylamine groups is 2. The van der Waals surface area contributed by atoms with Crippen LogP contribution in [0.1, 0.15) is 31.2 Å². The highest BCUT2D eigenvalue weighted by Gasteiger charge is 2.27. The van der Waals surface area contributed by atoms with Gasteiger partial charge in [-0.2, -0.15) is 5.06 Å². The molecule has 1 aliphatic heterocycles. The van der Waals surface area contributed by atoms with Crippen molar-refractivity contribution in [2.75, 3.05) is 19.8 Å². The first-order valence-corrected chi connectivity index (χ1v) is 5.95.